The molecule has 0 aliphatic heterocycles. The predicted molar refractivity (Wildman–Crippen MR) is 102 cm³/mol. The number of aliphatic carboxylic acids is 1. The third kappa shape index (κ3) is 4.02. The maximum absolute atomic E-state index is 12.7. The maximum atomic E-state index is 12.7. The van der Waals surface area contributed by atoms with Gasteiger partial charge in [0.15, 0.2) is 0 Å². The number of hydrogen-bond acceptors (Lipinski definition) is 6. The van der Waals surface area contributed by atoms with Crippen LogP contribution in [0.3, 0.4) is 0 Å². The first-order valence-corrected chi connectivity index (χ1v) is 9.48. The van der Waals surface area contributed by atoms with Gasteiger partial charge in [0.25, 0.3) is 0 Å². The Balaban J connectivity index is 1.87. The van der Waals surface area contributed by atoms with Gasteiger partial charge in [-0.1, -0.05) is 36.4 Å². The Hall–Kier alpha value is -3.10. The predicted octanol–water partition coefficient (Wildman–Crippen LogP) is 2.14. The Morgan fingerprint density at radius 3 is 2.26 bits per heavy atom. The molecule has 0 saturated heterocycles. The van der Waals surface area contributed by atoms with Gasteiger partial charge in [-0.2, -0.15) is 8.42 Å². The van der Waals surface area contributed by atoms with Crippen LogP contribution < -0.4 is 15.7 Å². The Labute approximate surface area is 156 Å². The third-order valence-corrected chi connectivity index (χ3v) is 5.40. The highest BCUT2D eigenvalue weighted by atomic mass is 32.2. The lowest BCUT2D eigenvalue weighted by atomic mass is 10.1. The van der Waals surface area contributed by atoms with Crippen LogP contribution in [0.5, 0.6) is 5.75 Å². The molecule has 3 aromatic rings. The minimum atomic E-state index is -4.08. The first-order chi connectivity index (χ1) is 12.8. The monoisotopic (exact) mass is 386 g/mol. The highest BCUT2D eigenvalue weighted by molar-refractivity contribution is 7.87. The molecule has 140 valence electrons. The van der Waals surface area contributed by atoms with Crippen LogP contribution in [-0.4, -0.2) is 25.5 Å². The zero-order valence-electron chi connectivity index (χ0n) is 14.2. The van der Waals surface area contributed by atoms with E-state index in [9.17, 15) is 13.2 Å². The van der Waals surface area contributed by atoms with E-state index in [-0.39, 0.29) is 17.1 Å². The summed E-state index contributed by atoms with van der Waals surface area (Å²) in [5.41, 5.74) is 12.5. The van der Waals surface area contributed by atoms with E-state index in [0.29, 0.717) is 22.0 Å². The number of hydrogen-bond donors (Lipinski definition) is 3. The van der Waals surface area contributed by atoms with Crippen molar-refractivity contribution in [3.63, 3.8) is 0 Å². The summed E-state index contributed by atoms with van der Waals surface area (Å²) in [6.45, 7) is 0. The number of nitrogens with two attached hydrogens (primary N) is 2. The number of nitrogen functional groups attached to an aromatic ring is 1. The van der Waals surface area contributed by atoms with Crippen LogP contribution in [0.4, 0.5) is 5.69 Å². The SMILES string of the molecule is Nc1ccc(S(=O)(=O)Oc2ccc(CC(N)C(=O)O)cc2)c2ccccc12. The van der Waals surface area contributed by atoms with Crippen LogP contribution in [0.2, 0.25) is 0 Å². The molecule has 0 aliphatic rings. The quantitative estimate of drug-likeness (QED) is 0.437. The minimum Gasteiger partial charge on any atom is -0.480 e. The summed E-state index contributed by atoms with van der Waals surface area (Å²) in [7, 11) is -4.08. The molecule has 3 aromatic carbocycles. The molecule has 7 nitrogen and oxygen atoms in total. The summed E-state index contributed by atoms with van der Waals surface area (Å²) in [5.74, 6) is -0.989. The first-order valence-electron chi connectivity index (χ1n) is 8.07. The zero-order valence-corrected chi connectivity index (χ0v) is 15.0. The molecule has 3 rings (SSSR count). The van der Waals surface area contributed by atoms with Crippen molar-refractivity contribution in [1.29, 1.82) is 0 Å². The highest BCUT2D eigenvalue weighted by Gasteiger charge is 2.21. The summed E-state index contributed by atoms with van der Waals surface area (Å²) < 4.78 is 30.7. The lowest BCUT2D eigenvalue weighted by Crippen LogP contribution is -2.32. The molecule has 0 aromatic heterocycles. The summed E-state index contributed by atoms with van der Waals surface area (Å²) in [5, 5.41) is 9.94. The van der Waals surface area contributed by atoms with Gasteiger partial charge in [-0.25, -0.2) is 0 Å². The van der Waals surface area contributed by atoms with Gasteiger partial charge in [-0.15, -0.1) is 0 Å². The van der Waals surface area contributed by atoms with E-state index < -0.39 is 22.1 Å². The van der Waals surface area contributed by atoms with Crippen molar-refractivity contribution in [1.82, 2.24) is 0 Å². The minimum absolute atomic E-state index is 0.0178. The molecule has 0 fully saturated rings. The standard InChI is InChI=1S/C19H18N2O5S/c20-16-9-10-18(15-4-2-1-3-14(15)16)27(24,25)26-13-7-5-12(6-8-13)11-17(21)19(22)23/h1-10,17H,11,20-21H2,(H,22,23). The topological polar surface area (TPSA) is 133 Å². The molecule has 8 heteroatoms. The number of anilines is 1. The molecular weight excluding hydrogens is 368 g/mol. The summed E-state index contributed by atoms with van der Waals surface area (Å²) in [6.07, 6.45) is 0.130. The second-order valence-corrected chi connectivity index (χ2v) is 7.54. The van der Waals surface area contributed by atoms with E-state index in [4.69, 9.17) is 20.8 Å². The van der Waals surface area contributed by atoms with Crippen LogP contribution in [0, 0.1) is 0 Å². The van der Waals surface area contributed by atoms with Crippen LogP contribution in [0.15, 0.2) is 65.6 Å². The molecule has 0 saturated carbocycles. The molecular formula is C19H18N2O5S. The molecule has 0 aliphatic carbocycles. The van der Waals surface area contributed by atoms with Crippen molar-refractivity contribution >= 4 is 32.5 Å². The van der Waals surface area contributed by atoms with Gasteiger partial charge < -0.3 is 20.8 Å². The zero-order chi connectivity index (χ0) is 19.6. The number of carboxylic acid groups (broad SMARTS) is 1. The summed E-state index contributed by atoms with van der Waals surface area (Å²) in [4.78, 5) is 10.8. The molecule has 0 bridgehead atoms. The molecule has 5 N–H and O–H groups in total. The molecule has 27 heavy (non-hydrogen) atoms. The van der Waals surface area contributed by atoms with Crippen molar-refractivity contribution in [2.24, 2.45) is 5.73 Å². The Morgan fingerprint density at radius 2 is 1.63 bits per heavy atom. The highest BCUT2D eigenvalue weighted by Crippen LogP contribution is 2.29. The smallest absolute Gasteiger partial charge is 0.339 e. The summed E-state index contributed by atoms with van der Waals surface area (Å²) in [6, 6.07) is 14.9. The van der Waals surface area contributed by atoms with Crippen molar-refractivity contribution in [3.05, 3.63) is 66.2 Å². The normalized spacial score (nSPS) is 12.6. The van der Waals surface area contributed by atoms with Gasteiger partial charge in [0.2, 0.25) is 0 Å². The molecule has 0 radical (unpaired) electrons. The fraction of sp³-hybridized carbons (Fsp3) is 0.105. The largest absolute Gasteiger partial charge is 0.480 e. The Bertz CT molecular complexity index is 1090. The average molecular weight is 386 g/mol. The number of carbonyl (C=O) groups is 1. The van der Waals surface area contributed by atoms with Gasteiger partial charge in [0.1, 0.15) is 16.7 Å². The van der Waals surface area contributed by atoms with E-state index in [2.05, 4.69) is 0 Å². The molecule has 0 spiro atoms. The van der Waals surface area contributed by atoms with Crippen LogP contribution in [0.25, 0.3) is 10.8 Å². The first kappa shape index (κ1) is 18.7. The number of fused-ring (bicyclic) bond motifs is 1. The molecule has 0 amide bonds. The molecule has 1 unspecified atom stereocenters. The van der Waals surface area contributed by atoms with Crippen molar-refractivity contribution in [2.75, 3.05) is 5.73 Å². The van der Waals surface area contributed by atoms with E-state index in [1.165, 1.54) is 24.3 Å². The van der Waals surface area contributed by atoms with Gasteiger partial charge in [-0.3, -0.25) is 4.79 Å². The number of rotatable bonds is 6. The lowest BCUT2D eigenvalue weighted by Gasteiger charge is -2.12. The van der Waals surface area contributed by atoms with E-state index >= 15 is 0 Å². The fourth-order valence-electron chi connectivity index (χ4n) is 2.71. The van der Waals surface area contributed by atoms with Crippen molar-refractivity contribution in [3.8, 4) is 5.75 Å². The van der Waals surface area contributed by atoms with Gasteiger partial charge in [0, 0.05) is 16.5 Å². The van der Waals surface area contributed by atoms with Crippen LogP contribution in [0.1, 0.15) is 5.56 Å². The van der Waals surface area contributed by atoms with Gasteiger partial charge in [-0.05, 0) is 36.2 Å². The summed E-state index contributed by atoms with van der Waals surface area (Å²) >= 11 is 0. The maximum Gasteiger partial charge on any atom is 0.339 e. The second kappa shape index (κ2) is 7.26. The number of benzene rings is 3. The second-order valence-electron chi connectivity index (χ2n) is 6.03. The fourth-order valence-corrected chi connectivity index (χ4v) is 3.84. The molecule has 1 atom stereocenters. The molecule has 0 heterocycles. The Kier molecular flexibility index (Phi) is 5.02. The van der Waals surface area contributed by atoms with Crippen molar-refractivity contribution < 1.29 is 22.5 Å². The lowest BCUT2D eigenvalue weighted by molar-refractivity contribution is -0.138. The Morgan fingerprint density at radius 1 is 1.00 bits per heavy atom. The van der Waals surface area contributed by atoms with Crippen LogP contribution >= 0.6 is 0 Å². The van der Waals surface area contributed by atoms with Gasteiger partial charge in [0.05, 0.1) is 0 Å². The average Bonchev–Trinajstić information content (AvgIpc) is 2.63. The van der Waals surface area contributed by atoms with E-state index in [1.807, 2.05) is 0 Å². The van der Waals surface area contributed by atoms with Gasteiger partial charge >= 0.3 is 16.1 Å². The van der Waals surface area contributed by atoms with E-state index in [1.54, 1.807) is 36.4 Å². The van der Waals surface area contributed by atoms with Crippen LogP contribution in [-0.2, 0) is 21.3 Å². The number of carboxylic acids is 1. The van der Waals surface area contributed by atoms with E-state index in [0.717, 1.165) is 0 Å². The third-order valence-electron chi connectivity index (χ3n) is 4.09. The van der Waals surface area contributed by atoms with Crippen molar-refractivity contribution in [2.45, 2.75) is 17.4 Å².